The van der Waals surface area contributed by atoms with Crippen LogP contribution in [0.4, 0.5) is 0 Å². The van der Waals surface area contributed by atoms with Crippen LogP contribution in [0.15, 0.2) is 54.6 Å². The molecule has 1 aromatic heterocycles. The van der Waals surface area contributed by atoms with Gasteiger partial charge in [-0.25, -0.2) is 0 Å². The average Bonchev–Trinajstić information content (AvgIpc) is 2.98. The van der Waals surface area contributed by atoms with Gasteiger partial charge in [-0.3, -0.25) is 5.10 Å². The van der Waals surface area contributed by atoms with Crippen molar-refractivity contribution in [1.82, 2.24) is 10.2 Å². The Bertz CT molecular complexity index is 732. The minimum absolute atomic E-state index is 0.770. The van der Waals surface area contributed by atoms with Crippen LogP contribution < -0.4 is 4.74 Å². The minimum atomic E-state index is 0.770. The minimum Gasteiger partial charge on any atom is -0.480 e. The van der Waals surface area contributed by atoms with Gasteiger partial charge in [0, 0.05) is 0 Å². The third-order valence-corrected chi connectivity index (χ3v) is 3.48. The molecule has 0 aliphatic heterocycles. The first kappa shape index (κ1) is 13.4. The first-order valence-corrected chi connectivity index (χ1v) is 6.90. The lowest BCUT2D eigenvalue weighted by Crippen LogP contribution is -1.93. The fourth-order valence-electron chi connectivity index (χ4n) is 2.08. The summed E-state index contributed by atoms with van der Waals surface area (Å²) < 4.78 is 5.67. The van der Waals surface area contributed by atoms with E-state index < -0.39 is 0 Å². The summed E-state index contributed by atoms with van der Waals surface area (Å²) >= 11 is 0. The largest absolute Gasteiger partial charge is 0.480 e. The van der Waals surface area contributed by atoms with E-state index in [-0.39, 0.29) is 0 Å². The Morgan fingerprint density at radius 1 is 0.952 bits per heavy atom. The third-order valence-electron chi connectivity index (χ3n) is 3.48. The van der Waals surface area contributed by atoms with Gasteiger partial charge in [-0.2, -0.15) is 5.10 Å². The molecule has 0 unspecified atom stereocenters. The van der Waals surface area contributed by atoms with Gasteiger partial charge in [0.1, 0.15) is 11.4 Å². The van der Waals surface area contributed by atoms with Crippen molar-refractivity contribution in [3.05, 3.63) is 78.0 Å². The molecule has 0 aliphatic rings. The molecule has 105 valence electrons. The summed E-state index contributed by atoms with van der Waals surface area (Å²) in [6.07, 6.45) is 0. The molecule has 0 amide bonds. The summed E-state index contributed by atoms with van der Waals surface area (Å²) in [5, 5.41) is 7.26. The Kier molecular flexibility index (Phi) is 3.73. The molecule has 0 spiro atoms. The molecule has 21 heavy (non-hydrogen) atoms. The number of aryl methyl sites for hydroxylation is 2. The number of nitrogens with one attached hydrogen (secondary N) is 1. The van der Waals surface area contributed by atoms with E-state index in [0.29, 0.717) is 0 Å². The van der Waals surface area contributed by atoms with Gasteiger partial charge in [-0.05, 0) is 48.7 Å². The third kappa shape index (κ3) is 3.14. The smallest absolute Gasteiger partial charge is 0.185 e. The Balaban J connectivity index is 1.69. The van der Waals surface area contributed by atoms with Crippen LogP contribution in [0.5, 0.6) is 5.75 Å². The number of ether oxygens (including phenoxy) is 1. The Morgan fingerprint density at radius 3 is 2.52 bits per heavy atom. The highest BCUT2D eigenvalue weighted by molar-refractivity contribution is 5.59. The molecule has 3 aromatic rings. The van der Waals surface area contributed by atoms with Crippen molar-refractivity contribution in [3.8, 4) is 17.0 Å². The van der Waals surface area contributed by atoms with Gasteiger partial charge in [0.05, 0.1) is 5.69 Å². The van der Waals surface area contributed by atoms with Gasteiger partial charge < -0.3 is 4.74 Å². The highest BCUT2D eigenvalue weighted by Gasteiger charge is 2.05. The second-order valence-corrected chi connectivity index (χ2v) is 5.05. The van der Waals surface area contributed by atoms with Crippen LogP contribution in [0.3, 0.4) is 0 Å². The first-order valence-electron chi connectivity index (χ1n) is 6.90. The van der Waals surface area contributed by atoms with E-state index in [1.54, 1.807) is 6.61 Å². The summed E-state index contributed by atoms with van der Waals surface area (Å²) in [4.78, 5) is 0. The molecule has 0 saturated heterocycles. The predicted octanol–water partition coefficient (Wildman–Crippen LogP) is 4.28. The van der Waals surface area contributed by atoms with Crippen molar-refractivity contribution in [1.29, 1.82) is 0 Å². The van der Waals surface area contributed by atoms with Crippen LogP contribution in [0.2, 0.25) is 0 Å². The maximum absolute atomic E-state index is 5.67. The predicted molar refractivity (Wildman–Crippen MR) is 84.0 cm³/mol. The van der Waals surface area contributed by atoms with E-state index in [4.69, 9.17) is 4.74 Å². The fraction of sp³-hybridized carbons (Fsp3) is 0.111. The summed E-state index contributed by atoms with van der Waals surface area (Å²) in [6, 6.07) is 18.1. The standard InChI is InChI=1S/C18H17N2O/c1-13-8-9-17(10-14(13)2)21-12-16-11-18(20-19-16)15-6-4-3-5-7-15/h3-12H,1-2H3,(H,19,20). The monoisotopic (exact) mass is 277 g/mol. The average molecular weight is 277 g/mol. The van der Waals surface area contributed by atoms with Crippen molar-refractivity contribution >= 4 is 0 Å². The van der Waals surface area contributed by atoms with Crippen LogP contribution in [-0.2, 0) is 0 Å². The second-order valence-electron chi connectivity index (χ2n) is 5.05. The van der Waals surface area contributed by atoms with Crippen molar-refractivity contribution in [3.63, 3.8) is 0 Å². The van der Waals surface area contributed by atoms with Crippen LogP contribution in [0, 0.1) is 20.5 Å². The Hall–Kier alpha value is -2.55. The number of hydrogen-bond donors (Lipinski definition) is 1. The lowest BCUT2D eigenvalue weighted by Gasteiger charge is -2.05. The topological polar surface area (TPSA) is 37.9 Å². The number of aromatic nitrogens is 2. The van der Waals surface area contributed by atoms with Gasteiger partial charge in [0.25, 0.3) is 0 Å². The SMILES string of the molecule is Cc1ccc(O[CH]c2cc(-c3ccccc3)[nH]n2)cc1C. The Labute approximate surface area is 124 Å². The van der Waals surface area contributed by atoms with Crippen molar-refractivity contribution in [2.45, 2.75) is 13.8 Å². The zero-order valence-corrected chi connectivity index (χ0v) is 12.1. The number of rotatable bonds is 4. The van der Waals surface area contributed by atoms with Crippen molar-refractivity contribution in [2.75, 3.05) is 0 Å². The van der Waals surface area contributed by atoms with Crippen LogP contribution >= 0.6 is 0 Å². The quantitative estimate of drug-likeness (QED) is 0.772. The van der Waals surface area contributed by atoms with E-state index >= 15 is 0 Å². The molecule has 1 radical (unpaired) electrons. The molecule has 0 fully saturated rings. The zero-order valence-electron chi connectivity index (χ0n) is 12.1. The molecular weight excluding hydrogens is 260 g/mol. The van der Waals surface area contributed by atoms with Crippen LogP contribution in [0.25, 0.3) is 11.3 Å². The van der Waals surface area contributed by atoms with Gasteiger partial charge in [0.2, 0.25) is 0 Å². The highest BCUT2D eigenvalue weighted by atomic mass is 16.5. The number of nitrogens with zero attached hydrogens (tertiary/aromatic N) is 1. The molecule has 3 nitrogen and oxygen atoms in total. The first-order chi connectivity index (χ1) is 10.2. The summed E-state index contributed by atoms with van der Waals surface area (Å²) in [5.41, 5.74) is 5.33. The lowest BCUT2D eigenvalue weighted by atomic mass is 10.1. The van der Waals surface area contributed by atoms with Gasteiger partial charge in [0.15, 0.2) is 6.61 Å². The van der Waals surface area contributed by atoms with E-state index in [0.717, 1.165) is 22.7 Å². The molecule has 1 N–H and O–H groups in total. The molecule has 3 rings (SSSR count). The Morgan fingerprint density at radius 2 is 1.76 bits per heavy atom. The molecule has 0 saturated carbocycles. The van der Waals surface area contributed by atoms with Crippen molar-refractivity contribution < 1.29 is 4.74 Å². The number of aromatic amines is 1. The molecule has 0 bridgehead atoms. The number of hydrogen-bond acceptors (Lipinski definition) is 2. The van der Waals surface area contributed by atoms with Gasteiger partial charge >= 0.3 is 0 Å². The molecule has 0 atom stereocenters. The maximum Gasteiger partial charge on any atom is 0.185 e. The van der Waals surface area contributed by atoms with Gasteiger partial charge in [-0.1, -0.05) is 36.4 Å². The maximum atomic E-state index is 5.67. The van der Waals surface area contributed by atoms with E-state index in [1.807, 2.05) is 48.5 Å². The van der Waals surface area contributed by atoms with E-state index in [1.165, 1.54) is 11.1 Å². The van der Waals surface area contributed by atoms with Gasteiger partial charge in [-0.15, -0.1) is 0 Å². The lowest BCUT2D eigenvalue weighted by molar-refractivity contribution is 0.424. The molecule has 3 heteroatoms. The van der Waals surface area contributed by atoms with E-state index in [9.17, 15) is 0 Å². The normalized spacial score (nSPS) is 10.6. The molecule has 1 heterocycles. The van der Waals surface area contributed by atoms with Crippen LogP contribution in [-0.4, -0.2) is 10.2 Å². The summed E-state index contributed by atoms with van der Waals surface area (Å²) in [6.45, 7) is 5.82. The summed E-state index contributed by atoms with van der Waals surface area (Å²) in [5.74, 6) is 0.822. The molecule has 2 aromatic carbocycles. The fourth-order valence-corrected chi connectivity index (χ4v) is 2.08. The highest BCUT2D eigenvalue weighted by Crippen LogP contribution is 2.20. The van der Waals surface area contributed by atoms with Crippen molar-refractivity contribution in [2.24, 2.45) is 0 Å². The summed E-state index contributed by atoms with van der Waals surface area (Å²) in [7, 11) is 0. The second kappa shape index (κ2) is 5.83. The number of benzene rings is 2. The van der Waals surface area contributed by atoms with E-state index in [2.05, 4.69) is 30.1 Å². The number of H-pyrrole nitrogens is 1. The molecular formula is C18H17N2O. The zero-order chi connectivity index (χ0) is 14.7. The molecule has 0 aliphatic carbocycles. The van der Waals surface area contributed by atoms with Crippen LogP contribution in [0.1, 0.15) is 16.8 Å².